The second kappa shape index (κ2) is 11.4. The summed E-state index contributed by atoms with van der Waals surface area (Å²) in [5.74, 6) is -2.41. The van der Waals surface area contributed by atoms with Crippen molar-refractivity contribution in [3.05, 3.63) is 61.2 Å². The van der Waals surface area contributed by atoms with Gasteiger partial charge in [-0.2, -0.15) is 0 Å². The highest BCUT2D eigenvalue weighted by Crippen LogP contribution is 2.66. The fourth-order valence-electron chi connectivity index (χ4n) is 7.58. The molecule has 3 fully saturated rings. The Labute approximate surface area is 245 Å². The van der Waals surface area contributed by atoms with Crippen molar-refractivity contribution in [2.45, 2.75) is 83.2 Å². The molecule has 1 spiro atoms. The van der Waals surface area contributed by atoms with Gasteiger partial charge in [-0.15, -0.1) is 13.2 Å². The van der Waals surface area contributed by atoms with Crippen LogP contribution < -0.4 is 0 Å². The molecule has 1 aromatic rings. The third kappa shape index (κ3) is 4.83. The Morgan fingerprint density at radius 2 is 1.80 bits per heavy atom. The second-order valence-electron chi connectivity index (χ2n) is 13.0. The van der Waals surface area contributed by atoms with Gasteiger partial charge in [0, 0.05) is 25.2 Å². The van der Waals surface area contributed by atoms with Crippen molar-refractivity contribution in [3.8, 4) is 0 Å². The highest BCUT2D eigenvalue weighted by Gasteiger charge is 2.80. The lowest BCUT2D eigenvalue weighted by Crippen LogP contribution is -2.60. The van der Waals surface area contributed by atoms with Crippen molar-refractivity contribution in [3.63, 3.8) is 0 Å². The number of hydrogen-bond acceptors (Lipinski definition) is 5. The zero-order chi connectivity index (χ0) is 30.3. The van der Waals surface area contributed by atoms with Crippen LogP contribution in [-0.4, -0.2) is 86.6 Å². The number of hydrogen-bond donors (Lipinski definition) is 1. The van der Waals surface area contributed by atoms with E-state index in [9.17, 15) is 19.5 Å². The molecule has 3 amide bonds. The molecule has 0 aliphatic carbocycles. The monoisotopic (exact) mass is 565 g/mol. The minimum Gasteiger partial charge on any atom is -0.394 e. The molecule has 41 heavy (non-hydrogen) atoms. The number of carbonyl (C=O) groups excluding carboxylic acids is 3. The lowest BCUT2D eigenvalue weighted by Gasteiger charge is -2.43. The van der Waals surface area contributed by atoms with E-state index in [1.807, 2.05) is 71.9 Å². The molecule has 7 atom stereocenters. The molecule has 3 unspecified atom stereocenters. The van der Waals surface area contributed by atoms with Crippen molar-refractivity contribution in [2.24, 2.45) is 17.8 Å². The molecule has 0 aromatic heterocycles. The molecule has 8 heteroatoms. The van der Waals surface area contributed by atoms with E-state index < -0.39 is 40.7 Å². The van der Waals surface area contributed by atoms with Crippen molar-refractivity contribution >= 4 is 17.7 Å². The van der Waals surface area contributed by atoms with Crippen molar-refractivity contribution in [1.29, 1.82) is 0 Å². The predicted octanol–water partition coefficient (Wildman–Crippen LogP) is 3.97. The van der Waals surface area contributed by atoms with Crippen LogP contribution in [0.4, 0.5) is 0 Å². The number of rotatable bonds is 11. The van der Waals surface area contributed by atoms with Gasteiger partial charge >= 0.3 is 0 Å². The minimum absolute atomic E-state index is 0.0743. The molecular weight excluding hydrogens is 518 g/mol. The Morgan fingerprint density at radius 1 is 1.17 bits per heavy atom. The van der Waals surface area contributed by atoms with Crippen LogP contribution in [0.25, 0.3) is 0 Å². The number of likely N-dealkylation sites (tertiary alicyclic amines) is 1. The number of nitrogens with zero attached hydrogens (tertiary/aromatic N) is 3. The van der Waals surface area contributed by atoms with Crippen molar-refractivity contribution in [1.82, 2.24) is 14.7 Å². The van der Waals surface area contributed by atoms with E-state index in [0.29, 0.717) is 19.5 Å². The summed E-state index contributed by atoms with van der Waals surface area (Å²) in [6.07, 6.45) is 4.61. The van der Waals surface area contributed by atoms with Crippen molar-refractivity contribution in [2.75, 3.05) is 26.2 Å². The van der Waals surface area contributed by atoms with Crippen LogP contribution >= 0.6 is 0 Å². The molecule has 8 nitrogen and oxygen atoms in total. The largest absolute Gasteiger partial charge is 0.394 e. The number of benzene rings is 1. The number of aliphatic hydroxyl groups is 1. The molecule has 1 aromatic carbocycles. The van der Waals surface area contributed by atoms with E-state index in [1.165, 1.54) is 0 Å². The highest BCUT2D eigenvalue weighted by molar-refractivity contribution is 5.99. The van der Waals surface area contributed by atoms with E-state index in [-0.39, 0.29) is 36.8 Å². The van der Waals surface area contributed by atoms with Crippen LogP contribution in [0.3, 0.4) is 0 Å². The molecule has 4 rings (SSSR count). The van der Waals surface area contributed by atoms with E-state index in [0.717, 1.165) is 12.0 Å². The highest BCUT2D eigenvalue weighted by atomic mass is 16.5. The zero-order valence-electron chi connectivity index (χ0n) is 25.5. The maximum absolute atomic E-state index is 14.8. The van der Waals surface area contributed by atoms with Crippen molar-refractivity contribution < 1.29 is 24.2 Å². The van der Waals surface area contributed by atoms with Crippen LogP contribution in [0.1, 0.15) is 66.0 Å². The summed E-state index contributed by atoms with van der Waals surface area (Å²) in [5.41, 5.74) is -1.97. The Morgan fingerprint density at radius 3 is 2.34 bits per heavy atom. The summed E-state index contributed by atoms with van der Waals surface area (Å²) in [5, 5.41) is 10.7. The standard InChI is InChI=1S/C33H47N3O5/c1-9-17-34(18-10-2)28(38)25-26-29(39)36(24(21-37)23-15-13-12-14-16-23)27(30(40)35(19-11-3)31(5,6)7)33(26)20-22(4)32(25,8)41-33/h9,11-16,22,24-27,37H,1,3,10,17-21H2,2,4-8H3/t22?,24-,25+,26+,27?,32-,33?/m1/s1. The summed E-state index contributed by atoms with van der Waals surface area (Å²) in [7, 11) is 0. The summed E-state index contributed by atoms with van der Waals surface area (Å²) >= 11 is 0. The average Bonchev–Trinajstić information content (AvgIpc) is 3.44. The van der Waals surface area contributed by atoms with Gasteiger partial charge in [0.1, 0.15) is 11.6 Å². The molecule has 224 valence electrons. The lowest BCUT2D eigenvalue weighted by atomic mass is 9.62. The first-order chi connectivity index (χ1) is 19.3. The van der Waals surface area contributed by atoms with Gasteiger partial charge in [-0.1, -0.05) is 56.3 Å². The Hall–Kier alpha value is -2.97. The zero-order valence-corrected chi connectivity index (χ0v) is 25.5. The Balaban J connectivity index is 1.93. The van der Waals surface area contributed by atoms with Gasteiger partial charge in [-0.05, 0) is 52.0 Å². The number of aliphatic hydroxyl groups excluding tert-OH is 1. The molecule has 0 radical (unpaired) electrons. The third-order valence-electron chi connectivity index (χ3n) is 9.49. The molecule has 3 aliphatic rings. The lowest BCUT2D eigenvalue weighted by molar-refractivity contribution is -0.160. The van der Waals surface area contributed by atoms with Gasteiger partial charge < -0.3 is 24.5 Å². The first-order valence-electron chi connectivity index (χ1n) is 14.8. The summed E-state index contributed by atoms with van der Waals surface area (Å²) in [6, 6.07) is 7.48. The van der Waals surface area contributed by atoms with Crippen LogP contribution in [0.5, 0.6) is 0 Å². The molecular formula is C33H47N3O5. The third-order valence-corrected chi connectivity index (χ3v) is 9.49. The molecule has 3 heterocycles. The molecule has 1 N–H and O–H groups in total. The Bertz CT molecular complexity index is 1180. The van der Waals surface area contributed by atoms with E-state index in [2.05, 4.69) is 13.2 Å². The van der Waals surface area contributed by atoms with Gasteiger partial charge in [0.15, 0.2) is 0 Å². The quantitative estimate of drug-likeness (QED) is 0.410. The van der Waals surface area contributed by atoms with Crippen LogP contribution in [0, 0.1) is 17.8 Å². The number of carbonyl (C=O) groups is 3. The maximum atomic E-state index is 14.8. The maximum Gasteiger partial charge on any atom is 0.249 e. The number of amides is 3. The fraction of sp³-hybridized carbons (Fsp3) is 0.606. The summed E-state index contributed by atoms with van der Waals surface area (Å²) in [4.78, 5) is 48.8. The summed E-state index contributed by atoms with van der Waals surface area (Å²) < 4.78 is 6.94. The van der Waals surface area contributed by atoms with Crippen LogP contribution in [-0.2, 0) is 19.1 Å². The van der Waals surface area contributed by atoms with Crippen LogP contribution in [0.15, 0.2) is 55.6 Å². The van der Waals surface area contributed by atoms with Gasteiger partial charge in [0.25, 0.3) is 0 Å². The first-order valence-corrected chi connectivity index (χ1v) is 14.8. The van der Waals surface area contributed by atoms with Gasteiger partial charge in [0.05, 0.1) is 30.1 Å². The normalized spacial score (nSPS) is 31.1. The van der Waals surface area contributed by atoms with E-state index >= 15 is 0 Å². The number of ether oxygens (including phenoxy) is 1. The predicted molar refractivity (Wildman–Crippen MR) is 159 cm³/mol. The topological polar surface area (TPSA) is 90.4 Å². The summed E-state index contributed by atoms with van der Waals surface area (Å²) in [6.45, 7) is 20.4. The minimum atomic E-state index is -1.21. The van der Waals surface area contributed by atoms with E-state index in [4.69, 9.17) is 4.74 Å². The fourth-order valence-corrected chi connectivity index (χ4v) is 7.58. The molecule has 0 saturated carbocycles. The second-order valence-corrected chi connectivity index (χ2v) is 13.0. The SMILES string of the molecule is C=CCN(CCC)C(=O)[C@@H]1[C@H]2C(=O)N([C@H](CO)c3ccccc3)C(C(=O)N(CC=C)C(C)(C)C)C23CC(C)[C@@]1(C)O3. The molecule has 3 aliphatic heterocycles. The van der Waals surface area contributed by atoms with Crippen LogP contribution in [0.2, 0.25) is 0 Å². The van der Waals surface area contributed by atoms with E-state index in [1.54, 1.807) is 26.9 Å². The Kier molecular flexibility index (Phi) is 8.59. The number of fused-ring (bicyclic) bond motifs is 1. The first kappa shape index (κ1) is 31.0. The molecule has 2 bridgehead atoms. The average molecular weight is 566 g/mol. The molecule has 3 saturated heterocycles. The van der Waals surface area contributed by atoms with Gasteiger partial charge in [-0.3, -0.25) is 14.4 Å². The smallest absolute Gasteiger partial charge is 0.249 e. The van der Waals surface area contributed by atoms with Gasteiger partial charge in [-0.25, -0.2) is 0 Å². The van der Waals surface area contributed by atoms with Gasteiger partial charge in [0.2, 0.25) is 17.7 Å².